The first kappa shape index (κ1) is 15.5. The van der Waals surface area contributed by atoms with Crippen LogP contribution in [0.3, 0.4) is 0 Å². The molecule has 0 bridgehead atoms. The predicted octanol–water partition coefficient (Wildman–Crippen LogP) is 2.37. The first-order valence-corrected chi connectivity index (χ1v) is 6.52. The van der Waals surface area contributed by atoms with Crippen LogP contribution in [-0.4, -0.2) is 24.7 Å². The fraction of sp³-hybridized carbons (Fsp3) is 0.533. The van der Waals surface area contributed by atoms with Gasteiger partial charge < -0.3 is 15.8 Å². The Morgan fingerprint density at radius 2 is 2.05 bits per heavy atom. The Kier molecular flexibility index (Phi) is 4.95. The lowest BCUT2D eigenvalue weighted by atomic mass is 10.00. The number of benzene rings is 1. The standard InChI is InChI=1S/C15H24N2O2/c1-10(17-5)8-11-6-7-12(16)9-13(11)14(18)19-15(2,3)4/h6-7,9-10,17H,8,16H2,1-5H3. The molecule has 0 radical (unpaired) electrons. The summed E-state index contributed by atoms with van der Waals surface area (Å²) in [4.78, 5) is 12.2. The van der Waals surface area contributed by atoms with E-state index in [2.05, 4.69) is 12.2 Å². The van der Waals surface area contributed by atoms with Crippen molar-refractivity contribution in [2.24, 2.45) is 0 Å². The number of nitrogen functional groups attached to an aromatic ring is 1. The van der Waals surface area contributed by atoms with Gasteiger partial charge in [-0.25, -0.2) is 4.79 Å². The molecule has 0 aliphatic carbocycles. The molecule has 0 aliphatic heterocycles. The first-order chi connectivity index (χ1) is 8.73. The number of carbonyl (C=O) groups is 1. The number of rotatable bonds is 4. The second-order valence-corrected chi connectivity index (χ2v) is 5.81. The molecule has 0 spiro atoms. The lowest BCUT2D eigenvalue weighted by molar-refractivity contribution is 0.00683. The van der Waals surface area contributed by atoms with Crippen molar-refractivity contribution < 1.29 is 9.53 Å². The van der Waals surface area contributed by atoms with Gasteiger partial charge in [0.05, 0.1) is 5.56 Å². The van der Waals surface area contributed by atoms with Crippen molar-refractivity contribution >= 4 is 11.7 Å². The average Bonchev–Trinajstić information content (AvgIpc) is 2.29. The summed E-state index contributed by atoms with van der Waals surface area (Å²) in [6.07, 6.45) is 0.755. The molecule has 1 aromatic carbocycles. The molecule has 4 heteroatoms. The molecule has 106 valence electrons. The van der Waals surface area contributed by atoms with Gasteiger partial charge in [0.1, 0.15) is 5.60 Å². The van der Waals surface area contributed by atoms with E-state index < -0.39 is 5.60 Å². The summed E-state index contributed by atoms with van der Waals surface area (Å²) in [5.74, 6) is -0.321. The lowest BCUT2D eigenvalue weighted by Crippen LogP contribution is -2.27. The Balaban J connectivity index is 3.03. The van der Waals surface area contributed by atoms with E-state index in [0.29, 0.717) is 11.3 Å². The number of esters is 1. The predicted molar refractivity (Wildman–Crippen MR) is 78.2 cm³/mol. The summed E-state index contributed by atoms with van der Waals surface area (Å²) in [6.45, 7) is 7.63. The van der Waals surface area contributed by atoms with Crippen LogP contribution >= 0.6 is 0 Å². The molecule has 0 heterocycles. The highest BCUT2D eigenvalue weighted by atomic mass is 16.6. The third-order valence-corrected chi connectivity index (χ3v) is 2.77. The van der Waals surface area contributed by atoms with Crippen molar-refractivity contribution in [2.45, 2.75) is 45.8 Å². The fourth-order valence-electron chi connectivity index (χ4n) is 1.73. The maximum absolute atomic E-state index is 12.2. The number of nitrogens with two attached hydrogens (primary N) is 1. The van der Waals surface area contributed by atoms with Crippen molar-refractivity contribution in [3.8, 4) is 0 Å². The zero-order valence-electron chi connectivity index (χ0n) is 12.4. The highest BCUT2D eigenvalue weighted by Crippen LogP contribution is 2.19. The Hall–Kier alpha value is -1.55. The van der Waals surface area contributed by atoms with Crippen LogP contribution in [0.15, 0.2) is 18.2 Å². The van der Waals surface area contributed by atoms with Crippen molar-refractivity contribution in [1.82, 2.24) is 5.32 Å². The molecule has 1 aromatic rings. The zero-order valence-corrected chi connectivity index (χ0v) is 12.4. The molecular weight excluding hydrogens is 240 g/mol. The molecule has 1 atom stereocenters. The van der Waals surface area contributed by atoms with Gasteiger partial charge in [-0.3, -0.25) is 0 Å². The normalized spacial score (nSPS) is 13.1. The van der Waals surface area contributed by atoms with E-state index in [4.69, 9.17) is 10.5 Å². The maximum atomic E-state index is 12.2. The molecule has 1 rings (SSSR count). The van der Waals surface area contributed by atoms with Crippen LogP contribution in [0.4, 0.5) is 5.69 Å². The van der Waals surface area contributed by atoms with Crippen molar-refractivity contribution in [1.29, 1.82) is 0 Å². The molecule has 0 aromatic heterocycles. The third kappa shape index (κ3) is 4.91. The van der Waals surface area contributed by atoms with E-state index in [1.807, 2.05) is 40.0 Å². The summed E-state index contributed by atoms with van der Waals surface area (Å²) < 4.78 is 5.42. The zero-order chi connectivity index (χ0) is 14.6. The Bertz CT molecular complexity index is 450. The van der Waals surface area contributed by atoms with Crippen LogP contribution in [0, 0.1) is 0 Å². The molecule has 0 saturated heterocycles. The molecular formula is C15H24N2O2. The minimum Gasteiger partial charge on any atom is -0.456 e. The molecule has 4 nitrogen and oxygen atoms in total. The maximum Gasteiger partial charge on any atom is 0.339 e. The molecule has 19 heavy (non-hydrogen) atoms. The van der Waals surface area contributed by atoms with E-state index in [1.165, 1.54) is 0 Å². The SMILES string of the molecule is CNC(C)Cc1ccc(N)cc1C(=O)OC(C)(C)C. The van der Waals surface area contributed by atoms with Crippen LogP contribution in [-0.2, 0) is 11.2 Å². The third-order valence-electron chi connectivity index (χ3n) is 2.77. The van der Waals surface area contributed by atoms with Gasteiger partial charge in [-0.05, 0) is 58.9 Å². The van der Waals surface area contributed by atoms with Gasteiger partial charge in [0.2, 0.25) is 0 Å². The average molecular weight is 264 g/mol. The topological polar surface area (TPSA) is 64.3 Å². The van der Waals surface area contributed by atoms with Gasteiger partial charge in [-0.15, -0.1) is 0 Å². The number of likely N-dealkylation sites (N-methyl/N-ethyl adjacent to an activating group) is 1. The Morgan fingerprint density at radius 1 is 1.42 bits per heavy atom. The minimum atomic E-state index is -0.506. The highest BCUT2D eigenvalue weighted by Gasteiger charge is 2.21. The van der Waals surface area contributed by atoms with E-state index >= 15 is 0 Å². The quantitative estimate of drug-likeness (QED) is 0.647. The highest BCUT2D eigenvalue weighted by molar-refractivity contribution is 5.92. The van der Waals surface area contributed by atoms with E-state index in [1.54, 1.807) is 6.07 Å². The van der Waals surface area contributed by atoms with Crippen LogP contribution < -0.4 is 11.1 Å². The van der Waals surface area contributed by atoms with Crippen LogP contribution in [0.5, 0.6) is 0 Å². The Morgan fingerprint density at radius 3 is 2.58 bits per heavy atom. The minimum absolute atomic E-state index is 0.282. The van der Waals surface area contributed by atoms with Gasteiger partial charge in [0.25, 0.3) is 0 Å². The van der Waals surface area contributed by atoms with Crippen LogP contribution in [0.1, 0.15) is 43.6 Å². The second kappa shape index (κ2) is 6.06. The Labute approximate surface area is 115 Å². The van der Waals surface area contributed by atoms with Crippen molar-refractivity contribution in [3.05, 3.63) is 29.3 Å². The van der Waals surface area contributed by atoms with Gasteiger partial charge in [0.15, 0.2) is 0 Å². The monoisotopic (exact) mass is 264 g/mol. The van der Waals surface area contributed by atoms with Crippen LogP contribution in [0.25, 0.3) is 0 Å². The summed E-state index contributed by atoms with van der Waals surface area (Å²) >= 11 is 0. The van der Waals surface area contributed by atoms with Gasteiger partial charge >= 0.3 is 5.97 Å². The largest absolute Gasteiger partial charge is 0.456 e. The first-order valence-electron chi connectivity index (χ1n) is 6.52. The fourth-order valence-corrected chi connectivity index (χ4v) is 1.73. The molecule has 3 N–H and O–H groups in total. The van der Waals surface area contributed by atoms with Crippen molar-refractivity contribution in [2.75, 3.05) is 12.8 Å². The van der Waals surface area contributed by atoms with E-state index in [9.17, 15) is 4.79 Å². The molecule has 0 aliphatic rings. The molecule has 1 unspecified atom stereocenters. The number of nitrogens with one attached hydrogen (secondary N) is 1. The summed E-state index contributed by atoms with van der Waals surface area (Å²) in [7, 11) is 1.90. The van der Waals surface area contributed by atoms with Gasteiger partial charge in [-0.1, -0.05) is 6.07 Å². The molecule has 0 amide bonds. The summed E-state index contributed by atoms with van der Waals surface area (Å²) in [6, 6.07) is 5.67. The molecule has 0 fully saturated rings. The van der Waals surface area contributed by atoms with E-state index in [-0.39, 0.29) is 12.0 Å². The number of anilines is 1. The number of hydrogen-bond donors (Lipinski definition) is 2. The van der Waals surface area contributed by atoms with Gasteiger partial charge in [0, 0.05) is 11.7 Å². The summed E-state index contributed by atoms with van der Waals surface area (Å²) in [5.41, 5.74) is 7.34. The smallest absolute Gasteiger partial charge is 0.339 e. The summed E-state index contributed by atoms with van der Waals surface area (Å²) in [5, 5.41) is 3.16. The molecule has 0 saturated carbocycles. The van der Waals surface area contributed by atoms with Gasteiger partial charge in [-0.2, -0.15) is 0 Å². The lowest BCUT2D eigenvalue weighted by Gasteiger charge is -2.21. The number of hydrogen-bond acceptors (Lipinski definition) is 4. The van der Waals surface area contributed by atoms with Crippen molar-refractivity contribution in [3.63, 3.8) is 0 Å². The van der Waals surface area contributed by atoms with Crippen LogP contribution in [0.2, 0.25) is 0 Å². The number of carbonyl (C=O) groups excluding carboxylic acids is 1. The second-order valence-electron chi connectivity index (χ2n) is 5.81. The van der Waals surface area contributed by atoms with E-state index in [0.717, 1.165) is 12.0 Å². The number of ether oxygens (including phenoxy) is 1.